The van der Waals surface area contributed by atoms with Crippen molar-refractivity contribution in [3.63, 3.8) is 0 Å². The third-order valence-corrected chi connectivity index (χ3v) is 5.54. The number of nitrogens with two attached hydrogens (primary N) is 1. The molecule has 3 nitrogen and oxygen atoms in total. The van der Waals surface area contributed by atoms with Gasteiger partial charge in [0, 0.05) is 11.5 Å². The lowest BCUT2D eigenvalue weighted by Crippen LogP contribution is -2.53. The summed E-state index contributed by atoms with van der Waals surface area (Å²) < 4.78 is 5.24. The highest BCUT2D eigenvalue weighted by molar-refractivity contribution is 5.35. The van der Waals surface area contributed by atoms with E-state index in [9.17, 15) is 5.11 Å². The number of aliphatic hydroxyl groups is 1. The van der Waals surface area contributed by atoms with Crippen LogP contribution in [0.1, 0.15) is 57.9 Å². The maximum absolute atomic E-state index is 10.6. The minimum absolute atomic E-state index is 0.00421. The zero-order valence-electron chi connectivity index (χ0n) is 13.6. The van der Waals surface area contributed by atoms with Crippen LogP contribution in [0.3, 0.4) is 0 Å². The van der Waals surface area contributed by atoms with Crippen molar-refractivity contribution in [1.82, 2.24) is 0 Å². The standard InChI is InChI=1S/C18H29NO2/c1-4-17(20,5-2)13-16(19)18(11-6-12-18)14-7-9-15(21-3)10-8-14/h7-10,16,20H,4-6,11-13,19H2,1-3H3. The lowest BCUT2D eigenvalue weighted by molar-refractivity contribution is 0.00148. The van der Waals surface area contributed by atoms with Crippen molar-refractivity contribution in [1.29, 1.82) is 0 Å². The van der Waals surface area contributed by atoms with Gasteiger partial charge in [0.05, 0.1) is 12.7 Å². The Hall–Kier alpha value is -1.06. The van der Waals surface area contributed by atoms with Gasteiger partial charge in [0.25, 0.3) is 0 Å². The molecular weight excluding hydrogens is 262 g/mol. The molecule has 1 atom stereocenters. The predicted octanol–water partition coefficient (Wildman–Crippen LogP) is 3.39. The van der Waals surface area contributed by atoms with Gasteiger partial charge < -0.3 is 15.6 Å². The van der Waals surface area contributed by atoms with Gasteiger partial charge in [-0.3, -0.25) is 0 Å². The Kier molecular flexibility index (Phi) is 4.95. The van der Waals surface area contributed by atoms with Crippen LogP contribution >= 0.6 is 0 Å². The van der Waals surface area contributed by atoms with Gasteiger partial charge in [0.2, 0.25) is 0 Å². The molecule has 1 aromatic carbocycles. The van der Waals surface area contributed by atoms with Gasteiger partial charge in [0.15, 0.2) is 0 Å². The zero-order chi connectivity index (χ0) is 15.5. The summed E-state index contributed by atoms with van der Waals surface area (Å²) in [6, 6.07) is 8.29. The molecule has 1 fully saturated rings. The first kappa shape index (κ1) is 16.3. The van der Waals surface area contributed by atoms with E-state index in [2.05, 4.69) is 12.1 Å². The van der Waals surface area contributed by atoms with Gasteiger partial charge in [0.1, 0.15) is 5.75 Å². The van der Waals surface area contributed by atoms with Crippen molar-refractivity contribution in [3.05, 3.63) is 29.8 Å². The fourth-order valence-electron chi connectivity index (χ4n) is 3.50. The highest BCUT2D eigenvalue weighted by atomic mass is 16.5. The van der Waals surface area contributed by atoms with E-state index in [1.54, 1.807) is 7.11 Å². The van der Waals surface area contributed by atoms with Crippen LogP contribution in [-0.2, 0) is 5.41 Å². The third kappa shape index (κ3) is 3.09. The number of hydrogen-bond donors (Lipinski definition) is 2. The monoisotopic (exact) mass is 291 g/mol. The Labute approximate surface area is 128 Å². The summed E-state index contributed by atoms with van der Waals surface area (Å²) in [5.74, 6) is 0.875. The van der Waals surface area contributed by atoms with E-state index in [1.807, 2.05) is 26.0 Å². The number of rotatable bonds is 7. The second-order valence-electron chi connectivity index (χ2n) is 6.48. The molecule has 1 aliphatic carbocycles. The minimum Gasteiger partial charge on any atom is -0.497 e. The first-order valence-electron chi connectivity index (χ1n) is 8.12. The molecule has 3 N–H and O–H groups in total. The third-order valence-electron chi connectivity index (χ3n) is 5.54. The average molecular weight is 291 g/mol. The average Bonchev–Trinajstić information content (AvgIpc) is 2.46. The molecule has 21 heavy (non-hydrogen) atoms. The Bertz CT molecular complexity index is 447. The van der Waals surface area contributed by atoms with Crippen LogP contribution in [0.25, 0.3) is 0 Å². The normalized spacial score (nSPS) is 18.9. The fraction of sp³-hybridized carbons (Fsp3) is 0.667. The molecule has 1 saturated carbocycles. The van der Waals surface area contributed by atoms with Crippen LogP contribution in [0, 0.1) is 0 Å². The molecule has 0 saturated heterocycles. The highest BCUT2D eigenvalue weighted by Gasteiger charge is 2.45. The second kappa shape index (κ2) is 6.37. The van der Waals surface area contributed by atoms with Crippen molar-refractivity contribution >= 4 is 0 Å². The summed E-state index contributed by atoms with van der Waals surface area (Å²) in [7, 11) is 1.68. The van der Waals surface area contributed by atoms with Crippen LogP contribution in [0.15, 0.2) is 24.3 Å². The van der Waals surface area contributed by atoms with Crippen molar-refractivity contribution in [2.75, 3.05) is 7.11 Å². The summed E-state index contributed by atoms with van der Waals surface area (Å²) in [4.78, 5) is 0. The maximum atomic E-state index is 10.6. The van der Waals surface area contributed by atoms with Crippen LogP contribution in [-0.4, -0.2) is 23.9 Å². The molecule has 0 aliphatic heterocycles. The van der Waals surface area contributed by atoms with Crippen LogP contribution < -0.4 is 10.5 Å². The smallest absolute Gasteiger partial charge is 0.118 e. The van der Waals surface area contributed by atoms with Gasteiger partial charge >= 0.3 is 0 Å². The molecule has 0 amide bonds. The topological polar surface area (TPSA) is 55.5 Å². The summed E-state index contributed by atoms with van der Waals surface area (Å²) in [6.45, 7) is 4.08. The number of benzene rings is 1. The molecule has 0 heterocycles. The fourth-order valence-corrected chi connectivity index (χ4v) is 3.50. The van der Waals surface area contributed by atoms with E-state index in [1.165, 1.54) is 12.0 Å². The molecule has 0 bridgehead atoms. The molecule has 0 radical (unpaired) electrons. The van der Waals surface area contributed by atoms with Crippen molar-refractivity contribution in [3.8, 4) is 5.75 Å². The van der Waals surface area contributed by atoms with Gasteiger partial charge in [-0.15, -0.1) is 0 Å². The van der Waals surface area contributed by atoms with E-state index in [-0.39, 0.29) is 11.5 Å². The summed E-state index contributed by atoms with van der Waals surface area (Å²) >= 11 is 0. The van der Waals surface area contributed by atoms with Crippen LogP contribution in [0.2, 0.25) is 0 Å². The Morgan fingerprint density at radius 2 is 1.81 bits per heavy atom. The highest BCUT2D eigenvalue weighted by Crippen LogP contribution is 2.48. The van der Waals surface area contributed by atoms with Gasteiger partial charge in [-0.25, -0.2) is 0 Å². The summed E-state index contributed by atoms with van der Waals surface area (Å²) in [5, 5.41) is 10.6. The van der Waals surface area contributed by atoms with E-state index in [0.29, 0.717) is 6.42 Å². The molecule has 0 spiro atoms. The van der Waals surface area contributed by atoms with Gasteiger partial charge in [-0.2, -0.15) is 0 Å². The van der Waals surface area contributed by atoms with E-state index < -0.39 is 5.60 Å². The van der Waals surface area contributed by atoms with E-state index in [4.69, 9.17) is 10.5 Å². The van der Waals surface area contributed by atoms with Crippen molar-refractivity contribution < 1.29 is 9.84 Å². The molecular formula is C18H29NO2. The van der Waals surface area contributed by atoms with Crippen molar-refractivity contribution in [2.24, 2.45) is 5.73 Å². The summed E-state index contributed by atoms with van der Waals surface area (Å²) in [5.41, 5.74) is 7.25. The lowest BCUT2D eigenvalue weighted by Gasteiger charge is -2.49. The van der Waals surface area contributed by atoms with Gasteiger partial charge in [-0.05, 0) is 49.8 Å². The van der Waals surface area contributed by atoms with Crippen LogP contribution in [0.5, 0.6) is 5.75 Å². The Morgan fingerprint density at radius 3 is 2.19 bits per heavy atom. The number of methoxy groups -OCH3 is 1. The quantitative estimate of drug-likeness (QED) is 0.809. The summed E-state index contributed by atoms with van der Waals surface area (Å²) in [6.07, 6.45) is 5.64. The Balaban J connectivity index is 2.20. The Morgan fingerprint density at radius 1 is 1.24 bits per heavy atom. The lowest BCUT2D eigenvalue weighted by atomic mass is 9.58. The second-order valence-corrected chi connectivity index (χ2v) is 6.48. The molecule has 1 aromatic rings. The van der Waals surface area contributed by atoms with E-state index in [0.717, 1.165) is 31.4 Å². The molecule has 118 valence electrons. The van der Waals surface area contributed by atoms with Gasteiger partial charge in [-0.1, -0.05) is 32.4 Å². The molecule has 0 aromatic heterocycles. The largest absolute Gasteiger partial charge is 0.497 e. The number of hydrogen-bond acceptors (Lipinski definition) is 3. The van der Waals surface area contributed by atoms with E-state index >= 15 is 0 Å². The zero-order valence-corrected chi connectivity index (χ0v) is 13.6. The van der Waals surface area contributed by atoms with Crippen LogP contribution in [0.4, 0.5) is 0 Å². The molecule has 1 unspecified atom stereocenters. The first-order valence-corrected chi connectivity index (χ1v) is 8.12. The molecule has 3 heteroatoms. The molecule has 1 aliphatic rings. The number of ether oxygens (including phenoxy) is 1. The SMILES string of the molecule is CCC(O)(CC)CC(N)C1(c2ccc(OC)cc2)CCC1. The predicted molar refractivity (Wildman–Crippen MR) is 86.6 cm³/mol. The molecule has 2 rings (SSSR count). The maximum Gasteiger partial charge on any atom is 0.118 e. The van der Waals surface area contributed by atoms with Crippen molar-refractivity contribution in [2.45, 2.75) is 69.4 Å². The first-order chi connectivity index (χ1) is 9.99. The minimum atomic E-state index is -0.630.